The standard InChI is InChI=1S/C15H13N3O3/c1-18-13(11(8-17-18)15(19)20)9-21-14-6-2-5-12-10(14)4-3-7-16-12/h2-8H,9H2,1H3,(H,19,20). The molecule has 0 amide bonds. The molecule has 6 heteroatoms. The molecule has 6 nitrogen and oxygen atoms in total. The van der Waals surface area contributed by atoms with Gasteiger partial charge >= 0.3 is 5.97 Å². The zero-order chi connectivity index (χ0) is 14.8. The van der Waals surface area contributed by atoms with Crippen molar-refractivity contribution in [3.05, 3.63) is 54.0 Å². The Kier molecular flexibility index (Phi) is 3.27. The molecule has 0 aliphatic carbocycles. The monoisotopic (exact) mass is 283 g/mol. The van der Waals surface area contributed by atoms with Crippen molar-refractivity contribution in [3.63, 3.8) is 0 Å². The lowest BCUT2D eigenvalue weighted by Gasteiger charge is -2.09. The number of nitrogens with zero attached hydrogens (tertiary/aromatic N) is 3. The summed E-state index contributed by atoms with van der Waals surface area (Å²) in [5.74, 6) is -0.348. The first-order valence-electron chi connectivity index (χ1n) is 6.37. The second-order valence-corrected chi connectivity index (χ2v) is 4.55. The number of carboxylic acid groups (broad SMARTS) is 1. The first kappa shape index (κ1) is 13.1. The average Bonchev–Trinajstić information content (AvgIpc) is 2.86. The summed E-state index contributed by atoms with van der Waals surface area (Å²) in [6, 6.07) is 9.34. The van der Waals surface area contributed by atoms with E-state index in [-0.39, 0.29) is 12.2 Å². The molecule has 0 saturated heterocycles. The second kappa shape index (κ2) is 5.24. The van der Waals surface area contributed by atoms with Crippen LogP contribution in [-0.2, 0) is 13.7 Å². The molecular formula is C15H13N3O3. The molecule has 0 atom stereocenters. The van der Waals surface area contributed by atoms with Gasteiger partial charge in [0.05, 0.1) is 17.4 Å². The van der Waals surface area contributed by atoms with Crippen LogP contribution in [0.25, 0.3) is 10.9 Å². The molecule has 0 radical (unpaired) electrons. The summed E-state index contributed by atoms with van der Waals surface area (Å²) in [5.41, 5.74) is 1.50. The SMILES string of the molecule is Cn1ncc(C(=O)O)c1COc1cccc2ncccc12. The van der Waals surface area contributed by atoms with Gasteiger partial charge in [-0.1, -0.05) is 6.07 Å². The van der Waals surface area contributed by atoms with Gasteiger partial charge in [0, 0.05) is 18.6 Å². The minimum atomic E-state index is -1.01. The zero-order valence-corrected chi connectivity index (χ0v) is 11.4. The molecule has 21 heavy (non-hydrogen) atoms. The number of carbonyl (C=O) groups is 1. The van der Waals surface area contributed by atoms with E-state index in [0.717, 1.165) is 10.9 Å². The molecule has 1 aromatic carbocycles. The molecule has 106 valence electrons. The van der Waals surface area contributed by atoms with Crippen molar-refractivity contribution in [2.75, 3.05) is 0 Å². The number of aromatic nitrogens is 3. The molecule has 0 saturated carbocycles. The van der Waals surface area contributed by atoms with Gasteiger partial charge in [0.2, 0.25) is 0 Å². The number of carboxylic acids is 1. The normalized spacial score (nSPS) is 10.7. The van der Waals surface area contributed by atoms with E-state index in [9.17, 15) is 4.79 Å². The second-order valence-electron chi connectivity index (χ2n) is 4.55. The van der Waals surface area contributed by atoms with Crippen LogP contribution in [0.3, 0.4) is 0 Å². The molecule has 0 unspecified atom stereocenters. The van der Waals surface area contributed by atoms with E-state index in [1.165, 1.54) is 10.9 Å². The quantitative estimate of drug-likeness (QED) is 0.794. The highest BCUT2D eigenvalue weighted by molar-refractivity contribution is 5.88. The van der Waals surface area contributed by atoms with Crippen molar-refractivity contribution >= 4 is 16.9 Å². The van der Waals surface area contributed by atoms with Crippen LogP contribution in [-0.4, -0.2) is 25.8 Å². The number of benzene rings is 1. The summed E-state index contributed by atoms with van der Waals surface area (Å²) in [4.78, 5) is 15.4. The highest BCUT2D eigenvalue weighted by atomic mass is 16.5. The maximum atomic E-state index is 11.1. The number of hydrogen-bond acceptors (Lipinski definition) is 4. The minimum absolute atomic E-state index is 0.131. The Balaban J connectivity index is 1.91. The van der Waals surface area contributed by atoms with Gasteiger partial charge in [0.1, 0.15) is 17.9 Å². The van der Waals surface area contributed by atoms with Gasteiger partial charge < -0.3 is 9.84 Å². The van der Waals surface area contributed by atoms with Crippen LogP contribution in [0.2, 0.25) is 0 Å². The molecular weight excluding hydrogens is 270 g/mol. The zero-order valence-electron chi connectivity index (χ0n) is 11.4. The Morgan fingerprint density at radius 3 is 3.00 bits per heavy atom. The van der Waals surface area contributed by atoms with Crippen LogP contribution in [0.15, 0.2) is 42.7 Å². The number of ether oxygens (including phenoxy) is 1. The van der Waals surface area contributed by atoms with Crippen molar-refractivity contribution in [2.24, 2.45) is 7.05 Å². The Labute approximate surface area is 120 Å². The lowest BCUT2D eigenvalue weighted by atomic mass is 10.2. The van der Waals surface area contributed by atoms with Crippen LogP contribution in [0.1, 0.15) is 16.1 Å². The van der Waals surface area contributed by atoms with Gasteiger partial charge in [-0.05, 0) is 24.3 Å². The molecule has 1 N–H and O–H groups in total. The largest absolute Gasteiger partial charge is 0.487 e. The van der Waals surface area contributed by atoms with Crippen molar-refractivity contribution in [1.82, 2.24) is 14.8 Å². The Morgan fingerprint density at radius 1 is 1.33 bits per heavy atom. The predicted molar refractivity (Wildman–Crippen MR) is 76.2 cm³/mol. The first-order valence-corrected chi connectivity index (χ1v) is 6.37. The summed E-state index contributed by atoms with van der Waals surface area (Å²) in [6.45, 7) is 0.131. The first-order chi connectivity index (χ1) is 10.2. The van der Waals surface area contributed by atoms with Gasteiger partial charge in [0.25, 0.3) is 0 Å². The van der Waals surface area contributed by atoms with E-state index in [2.05, 4.69) is 10.1 Å². The highest BCUT2D eigenvalue weighted by Crippen LogP contribution is 2.24. The lowest BCUT2D eigenvalue weighted by molar-refractivity contribution is 0.0693. The Morgan fingerprint density at radius 2 is 2.19 bits per heavy atom. The fraction of sp³-hybridized carbons (Fsp3) is 0.133. The van der Waals surface area contributed by atoms with Gasteiger partial charge in [0.15, 0.2) is 0 Å². The number of aromatic carboxylic acids is 1. The summed E-state index contributed by atoms with van der Waals surface area (Å²) < 4.78 is 7.28. The third kappa shape index (κ3) is 2.43. The highest BCUT2D eigenvalue weighted by Gasteiger charge is 2.15. The van der Waals surface area contributed by atoms with E-state index in [0.29, 0.717) is 11.4 Å². The van der Waals surface area contributed by atoms with Crippen LogP contribution in [0.4, 0.5) is 0 Å². The summed E-state index contributed by atoms with van der Waals surface area (Å²) >= 11 is 0. The molecule has 0 bridgehead atoms. The average molecular weight is 283 g/mol. The number of rotatable bonds is 4. The molecule has 2 aromatic heterocycles. The van der Waals surface area contributed by atoms with E-state index >= 15 is 0 Å². The van der Waals surface area contributed by atoms with E-state index in [1.807, 2.05) is 30.3 Å². The number of fused-ring (bicyclic) bond motifs is 1. The van der Waals surface area contributed by atoms with Gasteiger partial charge in [-0.2, -0.15) is 5.10 Å². The topological polar surface area (TPSA) is 77.2 Å². The molecule has 3 rings (SSSR count). The van der Waals surface area contributed by atoms with Crippen LogP contribution in [0, 0.1) is 0 Å². The van der Waals surface area contributed by atoms with Crippen LogP contribution >= 0.6 is 0 Å². The fourth-order valence-corrected chi connectivity index (χ4v) is 2.16. The Hall–Kier alpha value is -2.89. The third-order valence-electron chi connectivity index (χ3n) is 3.26. The Bertz CT molecular complexity index is 806. The predicted octanol–water partition coefficient (Wildman–Crippen LogP) is 2.25. The molecule has 2 heterocycles. The van der Waals surface area contributed by atoms with Crippen molar-refractivity contribution < 1.29 is 14.6 Å². The molecule has 0 aliphatic rings. The minimum Gasteiger partial charge on any atom is -0.487 e. The molecule has 0 spiro atoms. The summed E-state index contributed by atoms with van der Waals surface area (Å²) in [7, 11) is 1.69. The van der Waals surface area contributed by atoms with Crippen molar-refractivity contribution in [1.29, 1.82) is 0 Å². The lowest BCUT2D eigenvalue weighted by Crippen LogP contribution is -2.08. The summed E-state index contributed by atoms with van der Waals surface area (Å²) in [5, 5.41) is 14.0. The van der Waals surface area contributed by atoms with E-state index in [1.54, 1.807) is 13.2 Å². The third-order valence-corrected chi connectivity index (χ3v) is 3.26. The number of aryl methyl sites for hydroxylation is 1. The van der Waals surface area contributed by atoms with Gasteiger partial charge in [-0.3, -0.25) is 9.67 Å². The van der Waals surface area contributed by atoms with Crippen molar-refractivity contribution in [2.45, 2.75) is 6.61 Å². The fourth-order valence-electron chi connectivity index (χ4n) is 2.16. The van der Waals surface area contributed by atoms with Crippen molar-refractivity contribution in [3.8, 4) is 5.75 Å². The van der Waals surface area contributed by atoms with Crippen LogP contribution in [0.5, 0.6) is 5.75 Å². The number of hydrogen-bond donors (Lipinski definition) is 1. The maximum Gasteiger partial charge on any atom is 0.339 e. The van der Waals surface area contributed by atoms with Crippen LogP contribution < -0.4 is 4.74 Å². The van der Waals surface area contributed by atoms with Gasteiger partial charge in [-0.15, -0.1) is 0 Å². The van der Waals surface area contributed by atoms with E-state index < -0.39 is 5.97 Å². The molecule has 0 aliphatic heterocycles. The van der Waals surface area contributed by atoms with Gasteiger partial charge in [-0.25, -0.2) is 4.79 Å². The maximum absolute atomic E-state index is 11.1. The molecule has 0 fully saturated rings. The number of pyridine rings is 1. The molecule has 3 aromatic rings. The van der Waals surface area contributed by atoms with E-state index in [4.69, 9.17) is 9.84 Å². The smallest absolute Gasteiger partial charge is 0.339 e. The summed E-state index contributed by atoms with van der Waals surface area (Å²) in [6.07, 6.45) is 3.04.